The molecule has 364 valence electrons. The number of aryl methyl sites for hydroxylation is 2. The summed E-state index contributed by atoms with van der Waals surface area (Å²) in [6, 6.07) is 76.6. The van der Waals surface area contributed by atoms with Crippen LogP contribution in [0.25, 0.3) is 0 Å². The summed E-state index contributed by atoms with van der Waals surface area (Å²) < 4.78 is 62.3. The molecule has 68 heavy (non-hydrogen) atoms. The van der Waals surface area contributed by atoms with E-state index in [0.717, 1.165) is 11.1 Å². The van der Waals surface area contributed by atoms with Crippen LogP contribution in [0.1, 0.15) is 11.1 Å². The Morgan fingerprint density at radius 2 is 0.471 bits per heavy atom. The van der Waals surface area contributed by atoms with Crippen molar-refractivity contribution in [2.45, 2.75) is 23.6 Å². The molecule has 8 aromatic rings. The summed E-state index contributed by atoms with van der Waals surface area (Å²) >= 11 is 19.1. The summed E-state index contributed by atoms with van der Waals surface area (Å²) in [6.07, 6.45) is 0. The molecule has 0 N–H and O–H groups in total. The minimum Gasteiger partial charge on any atom is -0.744 e. The van der Waals surface area contributed by atoms with Crippen molar-refractivity contribution in [3.8, 4) is 0 Å². The maximum absolute atomic E-state index is 10.4. The Morgan fingerprint density at radius 3 is 0.603 bits per heavy atom. The van der Waals surface area contributed by atoms with Crippen molar-refractivity contribution in [3.05, 3.63) is 242 Å². The number of hydrogen-bond acceptors (Lipinski definition) is 6. The third kappa shape index (κ3) is 23.8. The molecule has 0 atom stereocenters. The molecule has 8 rings (SSSR count). The maximum atomic E-state index is 10.4. The molecule has 0 heterocycles. The van der Waals surface area contributed by atoms with Crippen LogP contribution >= 0.6 is 62.2 Å². The normalized spacial score (nSPS) is 10.1. The van der Waals surface area contributed by atoms with Gasteiger partial charge in [-0.05, 0) is 111 Å². The van der Waals surface area contributed by atoms with Crippen molar-refractivity contribution in [1.82, 2.24) is 0 Å². The summed E-state index contributed by atoms with van der Waals surface area (Å²) in [7, 11) is -10.3. The average molecular weight is 1430 g/mol. The van der Waals surface area contributed by atoms with E-state index in [1.807, 2.05) is 13.8 Å². The van der Waals surface area contributed by atoms with Gasteiger partial charge in [0.15, 0.2) is 0 Å². The minimum absolute atomic E-state index is 0. The predicted molar refractivity (Wildman–Crippen MR) is 285 cm³/mol. The van der Waals surface area contributed by atoms with E-state index in [1.165, 1.54) is 56.1 Å². The average Bonchev–Trinajstić information content (AvgIpc) is 3.32. The van der Waals surface area contributed by atoms with Gasteiger partial charge in [-0.1, -0.05) is 145 Å². The molecule has 16 heteroatoms. The summed E-state index contributed by atoms with van der Waals surface area (Å²) in [5.74, 6) is 0. The second-order valence-corrected chi connectivity index (χ2v) is 23.0. The molecule has 0 bridgehead atoms. The van der Waals surface area contributed by atoms with Crippen molar-refractivity contribution in [2.75, 3.05) is 10.7 Å². The fourth-order valence-corrected chi connectivity index (χ4v) is 12.1. The fraction of sp³-hybridized carbons (Fsp3) is 0.0769. The number of benzene rings is 8. The van der Waals surface area contributed by atoms with Gasteiger partial charge in [-0.2, -0.15) is 0 Å². The summed E-state index contributed by atoms with van der Waals surface area (Å²) in [6.45, 7) is 3.64. The second-order valence-electron chi connectivity index (χ2n) is 13.7. The first-order chi connectivity index (χ1) is 31.7. The fourth-order valence-electron chi connectivity index (χ4n) is 6.04. The Labute approximate surface area is 456 Å². The van der Waals surface area contributed by atoms with Crippen LogP contribution in [0.5, 0.6) is 0 Å². The van der Waals surface area contributed by atoms with Crippen LogP contribution in [0.2, 0.25) is 0 Å². The smallest absolute Gasteiger partial charge is 0.744 e. The molecule has 0 aliphatic carbocycles. The molecule has 0 amide bonds. The van der Waals surface area contributed by atoms with Crippen molar-refractivity contribution >= 4 is 114 Å². The number of rotatable bonds is 8. The van der Waals surface area contributed by atoms with E-state index in [0.29, 0.717) is 0 Å². The van der Waals surface area contributed by atoms with Crippen molar-refractivity contribution in [2.24, 2.45) is 0 Å². The van der Waals surface area contributed by atoms with Gasteiger partial charge in [0, 0.05) is 0 Å². The Hall–Kier alpha value is -2.92. The van der Waals surface area contributed by atoms with Crippen LogP contribution in [0.15, 0.2) is 240 Å². The maximum Gasteiger partial charge on any atom is 1.00 e. The van der Waals surface area contributed by atoms with E-state index < -0.39 is 36.1 Å². The number of halogens is 4. The van der Waals surface area contributed by atoms with Gasteiger partial charge < -0.3 is 9.11 Å². The minimum atomic E-state index is -4.27. The standard InChI is InChI=1S/2C18H15P.2C7H8O3S.2CH2Cl2.2Au/c2*1-4-10-16(11-5-1)19(17-12-6-2-7-13-17)18-14-8-3-9-15-18;2*1-6-2-4-7(5-3-6)11(8,9)10;2*2-1-3;;/h2*1-15H;2*2-5H,1H3,(H,8,9,10);2*1H2;;/q;;;;;;2*+1. The van der Waals surface area contributed by atoms with Crippen molar-refractivity contribution in [1.29, 1.82) is 0 Å². The number of hydrogen-bond donors (Lipinski definition) is 0. The molecule has 0 unspecified atom stereocenters. The van der Waals surface area contributed by atoms with Gasteiger partial charge in [0.1, 0.15) is 52.1 Å². The first kappa shape index (κ1) is 63.1. The second kappa shape index (κ2) is 35.2. The first-order valence-corrected chi connectivity index (χ1v) is 28.0. The molecule has 6 nitrogen and oxygen atoms in total. The van der Waals surface area contributed by atoms with E-state index >= 15 is 0 Å². The van der Waals surface area contributed by atoms with Crippen LogP contribution < -0.4 is 31.8 Å². The van der Waals surface area contributed by atoms with Crippen LogP contribution in [0.3, 0.4) is 0 Å². The van der Waals surface area contributed by atoms with Crippen molar-refractivity contribution < 1.29 is 70.7 Å². The third-order valence-corrected chi connectivity index (χ3v) is 16.2. The van der Waals surface area contributed by atoms with E-state index in [1.54, 1.807) is 24.3 Å². The number of alkyl halides is 4. The molecule has 8 aromatic carbocycles. The molecule has 0 aliphatic heterocycles. The third-order valence-electron chi connectivity index (χ3n) is 8.99. The SMILES string of the molecule is Cc1ccc(S(=O)(=O)[O-])cc1.Cc1ccc(S(=O)(=O)[O-])cc1.ClCCl.ClCCl.[Au+].[Au+].c1ccc([PH+](c2ccccc2)c2ccccc2)cc1.c1ccc([PH+](c2ccccc2)c2ccccc2)cc1. The van der Waals surface area contributed by atoms with Gasteiger partial charge in [-0.25, -0.2) is 16.8 Å². The monoisotopic (exact) mass is 1430 g/mol. The largest absolute Gasteiger partial charge is 1.00 e. The molecule has 0 aromatic heterocycles. The zero-order chi connectivity index (χ0) is 48.2. The summed E-state index contributed by atoms with van der Waals surface area (Å²) in [5, 5.41) is 9.00. The van der Waals surface area contributed by atoms with Gasteiger partial charge in [-0.15, -0.1) is 46.4 Å². The predicted octanol–water partition coefficient (Wildman–Crippen LogP) is 11.0. The van der Waals surface area contributed by atoms with Gasteiger partial charge >= 0.3 is 44.8 Å². The van der Waals surface area contributed by atoms with E-state index in [-0.39, 0.29) is 65.2 Å². The topological polar surface area (TPSA) is 114 Å². The van der Waals surface area contributed by atoms with Crippen LogP contribution in [0, 0.1) is 13.8 Å². The van der Waals surface area contributed by atoms with E-state index in [9.17, 15) is 25.9 Å². The molecule has 0 radical (unpaired) electrons. The molecule has 0 saturated heterocycles. The van der Waals surface area contributed by atoms with Gasteiger partial charge in [0.25, 0.3) is 0 Å². The van der Waals surface area contributed by atoms with Crippen molar-refractivity contribution in [3.63, 3.8) is 0 Å². The zero-order valence-electron chi connectivity index (χ0n) is 36.7. The summed E-state index contributed by atoms with van der Waals surface area (Å²) in [4.78, 5) is -0.355. The quantitative estimate of drug-likeness (QED) is 0.0648. The molecule has 0 fully saturated rings. The van der Waals surface area contributed by atoms with Crippen LogP contribution in [0.4, 0.5) is 0 Å². The molecule has 0 spiro atoms. The van der Waals surface area contributed by atoms with E-state index in [2.05, 4.69) is 182 Å². The van der Waals surface area contributed by atoms with Crippen LogP contribution in [-0.2, 0) is 65.0 Å². The molecule has 0 saturated carbocycles. The summed E-state index contributed by atoms with van der Waals surface area (Å²) in [5.41, 5.74) is 1.86. The van der Waals surface area contributed by atoms with Crippen LogP contribution in [-0.4, -0.2) is 36.6 Å². The Bertz CT molecular complexity index is 2360. The molecular formula is C52H50Au2Cl4O6P2S2+2. The Morgan fingerprint density at radius 1 is 0.324 bits per heavy atom. The van der Waals surface area contributed by atoms with Gasteiger partial charge in [0.05, 0.1) is 36.3 Å². The van der Waals surface area contributed by atoms with Gasteiger partial charge in [0.2, 0.25) is 0 Å². The van der Waals surface area contributed by atoms with E-state index in [4.69, 9.17) is 46.4 Å². The Balaban J connectivity index is 0.000000444. The van der Waals surface area contributed by atoms with Gasteiger partial charge in [-0.3, -0.25) is 0 Å². The zero-order valence-corrected chi connectivity index (χ0v) is 47.7. The molecular weight excluding hydrogens is 1380 g/mol. The first-order valence-electron chi connectivity index (χ1n) is 20.1. The Kier molecular flexibility index (Phi) is 32.7. The molecule has 0 aliphatic rings.